The number of fused-ring (bicyclic) bond motifs is 1. The van der Waals surface area contributed by atoms with Crippen molar-refractivity contribution in [2.45, 2.75) is 45.6 Å². The molecule has 0 saturated carbocycles. The fourth-order valence-corrected chi connectivity index (χ4v) is 3.48. The molecule has 1 unspecified atom stereocenters. The molecule has 2 aliphatic heterocycles. The van der Waals surface area contributed by atoms with Crippen LogP contribution in [0.4, 0.5) is 4.39 Å². The van der Waals surface area contributed by atoms with Gasteiger partial charge >= 0.3 is 0 Å². The highest BCUT2D eigenvalue weighted by atomic mass is 19.1. The first kappa shape index (κ1) is 10.2. The van der Waals surface area contributed by atoms with Gasteiger partial charge in [0, 0.05) is 12.1 Å². The lowest BCUT2D eigenvalue weighted by Crippen LogP contribution is -2.50. The van der Waals surface area contributed by atoms with E-state index in [1.165, 1.54) is 6.42 Å². The van der Waals surface area contributed by atoms with Gasteiger partial charge in [0.2, 0.25) is 0 Å². The molecule has 0 aromatic rings. The number of halogens is 1. The van der Waals surface area contributed by atoms with Crippen LogP contribution in [0, 0.1) is 5.41 Å². The molecule has 2 heteroatoms. The van der Waals surface area contributed by atoms with Gasteiger partial charge in [0.25, 0.3) is 0 Å². The van der Waals surface area contributed by atoms with Gasteiger partial charge in [0.1, 0.15) is 0 Å². The van der Waals surface area contributed by atoms with Crippen LogP contribution in [0.2, 0.25) is 0 Å². The Morgan fingerprint density at radius 1 is 1.36 bits per heavy atom. The number of rotatable bonds is 0. The average molecular weight is 197 g/mol. The number of nitrogens with zero attached hydrogens (tertiary/aromatic N) is 1. The molecule has 0 aromatic carbocycles. The highest BCUT2D eigenvalue weighted by molar-refractivity contribution is 5.30. The first-order valence-corrected chi connectivity index (χ1v) is 5.57. The topological polar surface area (TPSA) is 3.24 Å². The van der Waals surface area contributed by atoms with Crippen molar-refractivity contribution in [1.82, 2.24) is 4.90 Å². The van der Waals surface area contributed by atoms with Crippen molar-refractivity contribution in [2.24, 2.45) is 5.41 Å². The van der Waals surface area contributed by atoms with E-state index in [0.717, 1.165) is 37.8 Å². The van der Waals surface area contributed by atoms with Crippen molar-refractivity contribution in [1.29, 1.82) is 0 Å². The molecule has 2 saturated heterocycles. The summed E-state index contributed by atoms with van der Waals surface area (Å²) in [6, 6.07) is 0. The summed E-state index contributed by atoms with van der Waals surface area (Å²) in [6.45, 7) is 8.90. The Bertz CT molecular complexity index is 264. The Hall–Kier alpha value is -0.370. The van der Waals surface area contributed by atoms with Crippen molar-refractivity contribution < 1.29 is 4.39 Å². The van der Waals surface area contributed by atoms with Crippen molar-refractivity contribution in [2.75, 3.05) is 13.1 Å². The van der Waals surface area contributed by atoms with Crippen LogP contribution in [0.3, 0.4) is 0 Å². The highest BCUT2D eigenvalue weighted by Crippen LogP contribution is 2.52. The zero-order chi connectivity index (χ0) is 10.4. The smallest absolute Gasteiger partial charge is 0.0878 e. The first-order valence-electron chi connectivity index (χ1n) is 5.57. The van der Waals surface area contributed by atoms with Crippen molar-refractivity contribution in [3.8, 4) is 0 Å². The maximum Gasteiger partial charge on any atom is 0.0878 e. The summed E-state index contributed by atoms with van der Waals surface area (Å²) in [5.74, 6) is 0. The van der Waals surface area contributed by atoms with E-state index in [9.17, 15) is 4.39 Å². The van der Waals surface area contributed by atoms with Gasteiger partial charge in [0.15, 0.2) is 0 Å². The molecule has 0 aromatic heterocycles. The van der Waals surface area contributed by atoms with E-state index >= 15 is 0 Å². The van der Waals surface area contributed by atoms with Crippen LogP contribution in [0.25, 0.3) is 0 Å². The summed E-state index contributed by atoms with van der Waals surface area (Å²) in [5, 5.41) is 0. The lowest BCUT2D eigenvalue weighted by molar-refractivity contribution is 0.0916. The highest BCUT2D eigenvalue weighted by Gasteiger charge is 2.54. The Labute approximate surface area is 86.0 Å². The summed E-state index contributed by atoms with van der Waals surface area (Å²) >= 11 is 0. The number of hydrogen-bond acceptors (Lipinski definition) is 1. The molecule has 80 valence electrons. The molecule has 2 fully saturated rings. The van der Waals surface area contributed by atoms with Gasteiger partial charge in [-0.25, -0.2) is 4.39 Å². The molecule has 2 aliphatic rings. The van der Waals surface area contributed by atoms with E-state index in [1.54, 1.807) is 0 Å². The molecule has 14 heavy (non-hydrogen) atoms. The lowest BCUT2D eigenvalue weighted by atomic mass is 9.69. The third kappa shape index (κ3) is 1.10. The zero-order valence-corrected chi connectivity index (χ0v) is 9.44. The third-order valence-electron chi connectivity index (χ3n) is 4.06. The summed E-state index contributed by atoms with van der Waals surface area (Å²) in [6.07, 6.45) is 4.14. The molecule has 2 rings (SSSR count). The molecule has 1 nitrogen and oxygen atoms in total. The van der Waals surface area contributed by atoms with Crippen LogP contribution in [-0.2, 0) is 0 Å². The SMILES string of the molecule is CC(C)(C)C12CCCN1CC/C2=C/F. The van der Waals surface area contributed by atoms with Crippen LogP contribution in [0.1, 0.15) is 40.0 Å². The lowest BCUT2D eigenvalue weighted by Gasteiger charge is -2.45. The minimum Gasteiger partial charge on any atom is -0.293 e. The Morgan fingerprint density at radius 2 is 2.07 bits per heavy atom. The van der Waals surface area contributed by atoms with Crippen LogP contribution in [-0.4, -0.2) is 23.5 Å². The van der Waals surface area contributed by atoms with Crippen LogP contribution in [0.15, 0.2) is 11.9 Å². The van der Waals surface area contributed by atoms with Crippen molar-refractivity contribution in [3.63, 3.8) is 0 Å². The van der Waals surface area contributed by atoms with Gasteiger partial charge in [-0.1, -0.05) is 20.8 Å². The molecular formula is C12H20FN. The van der Waals surface area contributed by atoms with E-state index < -0.39 is 0 Å². The second kappa shape index (κ2) is 3.06. The molecule has 0 bridgehead atoms. The molecule has 1 atom stereocenters. The monoisotopic (exact) mass is 197 g/mol. The zero-order valence-electron chi connectivity index (χ0n) is 9.44. The Morgan fingerprint density at radius 3 is 2.64 bits per heavy atom. The molecule has 2 heterocycles. The quantitative estimate of drug-likeness (QED) is 0.576. The van der Waals surface area contributed by atoms with Gasteiger partial charge in [-0.05, 0) is 36.8 Å². The van der Waals surface area contributed by atoms with Gasteiger partial charge in [-0.15, -0.1) is 0 Å². The van der Waals surface area contributed by atoms with E-state index in [4.69, 9.17) is 0 Å². The standard InChI is InChI=1S/C12H20FN/c1-11(2,3)12-6-4-7-14(12)8-5-10(12)9-13/h9H,4-8H2,1-3H3/b10-9-. The minimum absolute atomic E-state index is 0.0295. The average Bonchev–Trinajstić information content (AvgIpc) is 2.58. The number of hydrogen-bond donors (Lipinski definition) is 0. The summed E-state index contributed by atoms with van der Waals surface area (Å²) < 4.78 is 12.9. The molecule has 0 aliphatic carbocycles. The predicted octanol–water partition coefficient (Wildman–Crippen LogP) is 3.12. The summed E-state index contributed by atoms with van der Waals surface area (Å²) in [4.78, 5) is 2.48. The molecule has 0 amide bonds. The molecule has 0 radical (unpaired) electrons. The fraction of sp³-hybridized carbons (Fsp3) is 0.833. The van der Waals surface area contributed by atoms with E-state index in [-0.39, 0.29) is 11.0 Å². The van der Waals surface area contributed by atoms with E-state index in [1.807, 2.05) is 0 Å². The molecule has 0 N–H and O–H groups in total. The van der Waals surface area contributed by atoms with Gasteiger partial charge < -0.3 is 0 Å². The van der Waals surface area contributed by atoms with Crippen molar-refractivity contribution in [3.05, 3.63) is 11.9 Å². The summed E-state index contributed by atoms with van der Waals surface area (Å²) in [5.41, 5.74) is 1.21. The first-order chi connectivity index (χ1) is 6.52. The maximum absolute atomic E-state index is 12.9. The van der Waals surface area contributed by atoms with Gasteiger partial charge in [0.05, 0.1) is 6.33 Å². The summed E-state index contributed by atoms with van der Waals surface area (Å²) in [7, 11) is 0. The Kier molecular flexibility index (Phi) is 2.22. The van der Waals surface area contributed by atoms with E-state index in [2.05, 4.69) is 25.7 Å². The fourth-order valence-electron chi connectivity index (χ4n) is 3.48. The largest absolute Gasteiger partial charge is 0.293 e. The van der Waals surface area contributed by atoms with E-state index in [0.29, 0.717) is 0 Å². The second-order valence-corrected chi connectivity index (χ2v) is 5.59. The van der Waals surface area contributed by atoms with Crippen LogP contribution in [0.5, 0.6) is 0 Å². The molecular weight excluding hydrogens is 177 g/mol. The van der Waals surface area contributed by atoms with Crippen molar-refractivity contribution >= 4 is 0 Å². The van der Waals surface area contributed by atoms with Gasteiger partial charge in [-0.3, -0.25) is 4.90 Å². The maximum atomic E-state index is 12.9. The van der Waals surface area contributed by atoms with Crippen LogP contribution < -0.4 is 0 Å². The van der Waals surface area contributed by atoms with Gasteiger partial charge in [-0.2, -0.15) is 0 Å². The second-order valence-electron chi connectivity index (χ2n) is 5.59. The van der Waals surface area contributed by atoms with Crippen LogP contribution >= 0.6 is 0 Å². The normalized spacial score (nSPS) is 36.7. The Balaban J connectivity index is 2.45. The predicted molar refractivity (Wildman–Crippen MR) is 56.8 cm³/mol. The minimum atomic E-state index is 0.0295. The third-order valence-corrected chi connectivity index (χ3v) is 4.06. The molecule has 0 spiro atoms.